The summed E-state index contributed by atoms with van der Waals surface area (Å²) in [5, 5.41) is 19.5. The van der Waals surface area contributed by atoms with E-state index < -0.39 is 24.8 Å². The first-order valence-electron chi connectivity index (χ1n) is 17.3. The van der Waals surface area contributed by atoms with Crippen molar-refractivity contribution >= 4 is 28.2 Å². The fraction of sp³-hybridized carbons (Fsp3) is 0.300. The highest BCUT2D eigenvalue weighted by Gasteiger charge is 2.32. The van der Waals surface area contributed by atoms with Crippen molar-refractivity contribution in [3.05, 3.63) is 88.5 Å². The van der Waals surface area contributed by atoms with E-state index >= 15 is 0 Å². The smallest absolute Gasteiger partial charge is 0.387 e. The van der Waals surface area contributed by atoms with Gasteiger partial charge in [0, 0.05) is 48.9 Å². The molecule has 6 aromatic rings. The van der Waals surface area contributed by atoms with Crippen LogP contribution in [-0.4, -0.2) is 69.3 Å². The molecule has 2 aliphatic rings. The Labute approximate surface area is 302 Å². The molecule has 0 radical (unpaired) electrons. The summed E-state index contributed by atoms with van der Waals surface area (Å²) in [7, 11) is 0. The lowest BCUT2D eigenvalue weighted by Gasteiger charge is -2.34. The van der Waals surface area contributed by atoms with E-state index in [1.54, 1.807) is 17.0 Å². The predicted octanol–water partition coefficient (Wildman–Crippen LogP) is 8.26. The van der Waals surface area contributed by atoms with Crippen LogP contribution in [0, 0.1) is 25.2 Å². The van der Waals surface area contributed by atoms with E-state index in [0.29, 0.717) is 78.2 Å². The Balaban J connectivity index is 1.13. The molecule has 0 bridgehead atoms. The van der Waals surface area contributed by atoms with Crippen LogP contribution in [0.1, 0.15) is 40.7 Å². The average molecular weight is 722 g/mol. The summed E-state index contributed by atoms with van der Waals surface area (Å²) in [4.78, 5) is 25.0. The van der Waals surface area contributed by atoms with Crippen LogP contribution in [0.4, 0.5) is 13.2 Å². The summed E-state index contributed by atoms with van der Waals surface area (Å²) in [6, 6.07) is 19.7. The molecule has 1 atom stereocenters. The maximum atomic E-state index is 13.5. The standard InChI is InChI=1S/C40H34F3N5O5/c1-21-27(28-7-4-9-30(22(28)2)38-46-32-13-23(17-47-19-26(41)20-47)12-24(16-44)36(32)53-38)6-3-8-29(21)37-45-31-14-25(18-48-11-5-10-33(48)39(49)50)34(52-40(42)43)15-35(31)51-37/h3-4,6-9,12-15,26,33,40H,5,10-11,17-20H2,1-2H3,(H,49,50)/t33-/m0/s1. The van der Waals surface area contributed by atoms with Crippen molar-refractivity contribution < 1.29 is 36.6 Å². The second kappa shape index (κ2) is 13.7. The minimum atomic E-state index is -3.08. The fourth-order valence-corrected chi connectivity index (χ4v) is 7.55. The molecule has 2 saturated heterocycles. The van der Waals surface area contributed by atoms with Gasteiger partial charge in [-0.25, -0.2) is 14.4 Å². The van der Waals surface area contributed by atoms with E-state index in [9.17, 15) is 28.3 Å². The lowest BCUT2D eigenvalue weighted by molar-refractivity contribution is -0.142. The minimum Gasteiger partial charge on any atom is -0.480 e. The van der Waals surface area contributed by atoms with Crippen LogP contribution in [0.25, 0.3) is 56.2 Å². The van der Waals surface area contributed by atoms with Gasteiger partial charge in [-0.15, -0.1) is 0 Å². The zero-order valence-electron chi connectivity index (χ0n) is 28.9. The highest BCUT2D eigenvalue weighted by molar-refractivity contribution is 5.86. The summed E-state index contributed by atoms with van der Waals surface area (Å²) in [6.45, 7) is 2.74. The van der Waals surface area contributed by atoms with Gasteiger partial charge in [0.05, 0.1) is 5.56 Å². The van der Waals surface area contributed by atoms with Crippen LogP contribution in [0.15, 0.2) is 69.5 Å². The van der Waals surface area contributed by atoms with E-state index in [2.05, 4.69) is 6.07 Å². The van der Waals surface area contributed by atoms with Crippen molar-refractivity contribution in [3.8, 4) is 45.9 Å². The minimum absolute atomic E-state index is 0.0902. The Kier molecular flexibility index (Phi) is 8.88. The topological polar surface area (TPSA) is 129 Å². The van der Waals surface area contributed by atoms with Gasteiger partial charge < -0.3 is 18.7 Å². The van der Waals surface area contributed by atoms with Crippen molar-refractivity contribution in [2.24, 2.45) is 0 Å². The number of ether oxygens (including phenoxy) is 1. The molecule has 0 aliphatic carbocycles. The van der Waals surface area contributed by atoms with E-state index in [4.69, 9.17) is 23.5 Å². The lowest BCUT2D eigenvalue weighted by Crippen LogP contribution is -2.47. The number of likely N-dealkylation sites (tertiary alicyclic amines) is 2. The molecule has 0 saturated carbocycles. The van der Waals surface area contributed by atoms with Gasteiger partial charge in [-0.3, -0.25) is 14.6 Å². The number of alkyl halides is 3. The normalized spacial score (nSPS) is 16.8. The molecule has 2 aliphatic heterocycles. The molecular weight excluding hydrogens is 687 g/mol. The molecule has 4 heterocycles. The van der Waals surface area contributed by atoms with Gasteiger partial charge in [-0.1, -0.05) is 24.3 Å². The first-order valence-corrected chi connectivity index (χ1v) is 17.3. The van der Waals surface area contributed by atoms with Crippen LogP contribution < -0.4 is 4.74 Å². The number of carbonyl (C=O) groups is 1. The maximum absolute atomic E-state index is 13.5. The SMILES string of the molecule is Cc1c(-c2nc3cc(CN4CCC[C@H]4C(=O)O)c(OC(F)F)cc3o2)cccc1-c1cccc(-c2nc3cc(CN4CC(F)C4)cc(C#N)c3o2)c1C. The Bertz CT molecular complexity index is 2430. The first-order chi connectivity index (χ1) is 25.6. The van der Waals surface area contributed by atoms with Crippen LogP contribution in [0.3, 0.4) is 0 Å². The van der Waals surface area contributed by atoms with Crippen molar-refractivity contribution in [2.45, 2.75) is 58.6 Å². The van der Waals surface area contributed by atoms with Crippen LogP contribution in [-0.2, 0) is 17.9 Å². The van der Waals surface area contributed by atoms with E-state index in [1.807, 2.05) is 61.2 Å². The number of rotatable bonds is 10. The molecular formula is C40H34F3N5O5. The number of halogens is 3. The predicted molar refractivity (Wildman–Crippen MR) is 190 cm³/mol. The first kappa shape index (κ1) is 34.4. The average Bonchev–Trinajstić information content (AvgIpc) is 3.86. The van der Waals surface area contributed by atoms with Gasteiger partial charge in [0.2, 0.25) is 11.8 Å². The Morgan fingerprint density at radius 1 is 0.962 bits per heavy atom. The lowest BCUT2D eigenvalue weighted by atomic mass is 9.91. The van der Waals surface area contributed by atoms with Crippen molar-refractivity contribution in [1.29, 1.82) is 5.26 Å². The third kappa shape index (κ3) is 6.49. The highest BCUT2D eigenvalue weighted by Crippen LogP contribution is 2.39. The summed E-state index contributed by atoms with van der Waals surface area (Å²) in [5.74, 6) is -0.382. The van der Waals surface area contributed by atoms with Crippen molar-refractivity contribution in [2.75, 3.05) is 19.6 Å². The van der Waals surface area contributed by atoms with Crippen LogP contribution in [0.2, 0.25) is 0 Å². The monoisotopic (exact) mass is 721 g/mol. The van der Waals surface area contributed by atoms with Crippen LogP contribution >= 0.6 is 0 Å². The molecule has 4 aromatic carbocycles. The number of benzene rings is 4. The quantitative estimate of drug-likeness (QED) is 0.148. The van der Waals surface area contributed by atoms with Gasteiger partial charge in [-0.2, -0.15) is 14.0 Å². The number of nitrogens with zero attached hydrogens (tertiary/aromatic N) is 5. The van der Waals surface area contributed by atoms with Gasteiger partial charge in [0.25, 0.3) is 0 Å². The fourth-order valence-electron chi connectivity index (χ4n) is 7.55. The Morgan fingerprint density at radius 3 is 2.26 bits per heavy atom. The van der Waals surface area contributed by atoms with Gasteiger partial charge in [0.15, 0.2) is 11.2 Å². The second-order valence-electron chi connectivity index (χ2n) is 13.7. The molecule has 0 amide bonds. The Hall–Kier alpha value is -5.71. The summed E-state index contributed by atoms with van der Waals surface area (Å²) < 4.78 is 57.6. The molecule has 0 unspecified atom stereocenters. The summed E-state index contributed by atoms with van der Waals surface area (Å²) in [5.41, 5.74) is 8.27. The number of carboxylic acid groups (broad SMARTS) is 1. The molecule has 0 spiro atoms. The second-order valence-corrected chi connectivity index (χ2v) is 13.7. The highest BCUT2D eigenvalue weighted by atomic mass is 19.3. The largest absolute Gasteiger partial charge is 0.480 e. The molecule has 53 heavy (non-hydrogen) atoms. The molecule has 8 rings (SSSR count). The third-order valence-electron chi connectivity index (χ3n) is 10.2. The summed E-state index contributed by atoms with van der Waals surface area (Å²) in [6.07, 6.45) is 0.354. The maximum Gasteiger partial charge on any atom is 0.387 e. The number of carboxylic acids is 1. The molecule has 13 heteroatoms. The van der Waals surface area contributed by atoms with Gasteiger partial charge >= 0.3 is 12.6 Å². The number of oxazole rings is 2. The summed E-state index contributed by atoms with van der Waals surface area (Å²) >= 11 is 0. The number of hydrogen-bond donors (Lipinski definition) is 1. The van der Waals surface area contributed by atoms with Crippen molar-refractivity contribution in [3.63, 3.8) is 0 Å². The van der Waals surface area contributed by atoms with Crippen molar-refractivity contribution in [1.82, 2.24) is 19.8 Å². The number of nitriles is 1. The molecule has 2 aromatic heterocycles. The molecule has 10 nitrogen and oxygen atoms in total. The molecule has 2 fully saturated rings. The Morgan fingerprint density at radius 2 is 1.62 bits per heavy atom. The number of hydrogen-bond acceptors (Lipinski definition) is 9. The molecule has 270 valence electrons. The molecule has 1 N–H and O–H groups in total. The zero-order valence-corrected chi connectivity index (χ0v) is 28.9. The number of fused-ring (bicyclic) bond motifs is 2. The van der Waals surface area contributed by atoms with Gasteiger partial charge in [-0.05, 0) is 91.4 Å². The van der Waals surface area contributed by atoms with Gasteiger partial charge in [0.1, 0.15) is 35.1 Å². The van der Waals surface area contributed by atoms with Crippen LogP contribution in [0.5, 0.6) is 5.75 Å². The van der Waals surface area contributed by atoms with E-state index in [0.717, 1.165) is 33.4 Å². The number of aliphatic carboxylic acids is 1. The number of aromatic nitrogens is 2. The van der Waals surface area contributed by atoms with E-state index in [1.165, 1.54) is 6.07 Å². The third-order valence-corrected chi connectivity index (χ3v) is 10.2. The zero-order chi connectivity index (χ0) is 37.0. The van der Waals surface area contributed by atoms with E-state index in [-0.39, 0.29) is 23.8 Å².